The highest BCUT2D eigenvalue weighted by Gasteiger charge is 2.30. The summed E-state index contributed by atoms with van der Waals surface area (Å²) in [6, 6.07) is 15.4. The summed E-state index contributed by atoms with van der Waals surface area (Å²) in [5.74, 6) is 0.227. The number of aromatic nitrogens is 4. The molecule has 4 aromatic rings. The number of rotatable bonds is 5. The summed E-state index contributed by atoms with van der Waals surface area (Å²) in [4.78, 5) is 32.4. The lowest BCUT2D eigenvalue weighted by Crippen LogP contribution is -2.31. The number of carbonyl (C=O) groups is 1. The molecular weight excluding hydrogens is 429 g/mol. The monoisotopic (exact) mass is 449 g/mol. The molecule has 0 radical (unpaired) electrons. The second-order valence-electron chi connectivity index (χ2n) is 7.74. The highest BCUT2D eigenvalue weighted by molar-refractivity contribution is 7.99. The second-order valence-corrected chi connectivity index (χ2v) is 8.73. The standard InChI is InChI=1S/C23H20FN5O2S/c1-27(13-15-5-3-2-4-6-15)20(30)11-18-14-32-23-26-21-19(22(31)28(18)23)12-25-29(21)17-9-7-16(24)8-10-17/h2-10,12,18H,11,13-14H2,1H3. The maximum Gasteiger partial charge on any atom is 0.265 e. The first-order valence-corrected chi connectivity index (χ1v) is 11.2. The summed E-state index contributed by atoms with van der Waals surface area (Å²) >= 11 is 1.45. The first-order chi connectivity index (χ1) is 15.5. The van der Waals surface area contributed by atoms with Crippen LogP contribution in [0.1, 0.15) is 18.0 Å². The highest BCUT2D eigenvalue weighted by Crippen LogP contribution is 2.33. The fourth-order valence-corrected chi connectivity index (χ4v) is 4.99. The van der Waals surface area contributed by atoms with Crippen molar-refractivity contribution >= 4 is 28.7 Å². The maximum atomic E-state index is 13.3. The Labute approximate surface area is 187 Å². The lowest BCUT2D eigenvalue weighted by atomic mass is 10.1. The van der Waals surface area contributed by atoms with Crippen molar-refractivity contribution in [3.63, 3.8) is 0 Å². The van der Waals surface area contributed by atoms with Crippen molar-refractivity contribution in [1.82, 2.24) is 24.2 Å². The van der Waals surface area contributed by atoms with Gasteiger partial charge in [-0.05, 0) is 29.8 Å². The Morgan fingerprint density at radius 1 is 1.19 bits per heavy atom. The lowest BCUT2D eigenvalue weighted by Gasteiger charge is -2.20. The van der Waals surface area contributed by atoms with Crippen molar-refractivity contribution in [3.8, 4) is 5.69 Å². The highest BCUT2D eigenvalue weighted by atomic mass is 32.2. The lowest BCUT2D eigenvalue weighted by molar-refractivity contribution is -0.131. The van der Waals surface area contributed by atoms with Gasteiger partial charge in [-0.1, -0.05) is 42.1 Å². The van der Waals surface area contributed by atoms with Crippen LogP contribution in [0.15, 0.2) is 70.7 Å². The van der Waals surface area contributed by atoms with Crippen LogP contribution in [-0.2, 0) is 11.3 Å². The average Bonchev–Trinajstić information content (AvgIpc) is 3.40. The molecule has 7 nitrogen and oxygen atoms in total. The Bertz CT molecular complexity index is 1350. The van der Waals surface area contributed by atoms with Gasteiger partial charge in [0, 0.05) is 25.8 Å². The van der Waals surface area contributed by atoms with Gasteiger partial charge in [-0.2, -0.15) is 5.10 Å². The zero-order valence-electron chi connectivity index (χ0n) is 17.3. The van der Waals surface area contributed by atoms with Gasteiger partial charge in [0.25, 0.3) is 5.56 Å². The van der Waals surface area contributed by atoms with E-state index in [1.54, 1.807) is 28.6 Å². The van der Waals surface area contributed by atoms with Gasteiger partial charge < -0.3 is 4.90 Å². The van der Waals surface area contributed by atoms with Crippen LogP contribution in [-0.4, -0.2) is 42.9 Å². The van der Waals surface area contributed by atoms with Crippen molar-refractivity contribution in [1.29, 1.82) is 0 Å². The van der Waals surface area contributed by atoms with E-state index in [-0.39, 0.29) is 29.7 Å². The van der Waals surface area contributed by atoms with Crippen molar-refractivity contribution in [2.24, 2.45) is 0 Å². The van der Waals surface area contributed by atoms with Crippen molar-refractivity contribution < 1.29 is 9.18 Å². The van der Waals surface area contributed by atoms with E-state index in [1.807, 2.05) is 30.3 Å². The molecule has 0 saturated heterocycles. The van der Waals surface area contributed by atoms with Crippen LogP contribution in [0, 0.1) is 5.82 Å². The Balaban J connectivity index is 1.41. The fraction of sp³-hybridized carbons (Fsp3) is 0.217. The molecule has 32 heavy (non-hydrogen) atoms. The molecule has 0 spiro atoms. The molecule has 0 fully saturated rings. The largest absolute Gasteiger partial charge is 0.341 e. The van der Waals surface area contributed by atoms with Gasteiger partial charge in [-0.15, -0.1) is 0 Å². The Morgan fingerprint density at radius 2 is 1.94 bits per heavy atom. The van der Waals surface area contributed by atoms with Crippen molar-refractivity contribution in [3.05, 3.63) is 82.5 Å². The maximum absolute atomic E-state index is 13.3. The molecule has 0 saturated carbocycles. The third-order valence-corrected chi connectivity index (χ3v) is 6.64. The molecule has 5 rings (SSSR count). The topological polar surface area (TPSA) is 73.0 Å². The quantitative estimate of drug-likeness (QED) is 0.437. The van der Waals surface area contributed by atoms with E-state index < -0.39 is 0 Å². The van der Waals surface area contributed by atoms with Gasteiger partial charge >= 0.3 is 0 Å². The van der Waals surface area contributed by atoms with Gasteiger partial charge in [-0.25, -0.2) is 14.1 Å². The van der Waals surface area contributed by atoms with E-state index in [2.05, 4.69) is 10.1 Å². The Kier molecular flexibility index (Phi) is 5.26. The van der Waals surface area contributed by atoms with Crippen LogP contribution in [0.5, 0.6) is 0 Å². The molecular formula is C23H20FN5O2S. The normalized spacial score (nSPS) is 15.1. The van der Waals surface area contributed by atoms with Crippen molar-refractivity contribution in [2.45, 2.75) is 24.2 Å². The summed E-state index contributed by atoms with van der Waals surface area (Å²) in [6.45, 7) is 0.517. The first kappa shape index (κ1) is 20.4. The van der Waals surface area contributed by atoms with Crippen LogP contribution >= 0.6 is 11.8 Å². The summed E-state index contributed by atoms with van der Waals surface area (Å²) in [6.07, 6.45) is 1.70. The van der Waals surface area contributed by atoms with Crippen LogP contribution in [0.4, 0.5) is 4.39 Å². The van der Waals surface area contributed by atoms with Gasteiger partial charge in [0.15, 0.2) is 10.8 Å². The van der Waals surface area contributed by atoms with Gasteiger partial charge in [0.1, 0.15) is 11.2 Å². The van der Waals surface area contributed by atoms with Crippen LogP contribution in [0.3, 0.4) is 0 Å². The molecule has 0 aliphatic carbocycles. The molecule has 2 aromatic heterocycles. The summed E-state index contributed by atoms with van der Waals surface area (Å²) in [7, 11) is 1.77. The molecule has 1 aliphatic rings. The molecule has 2 aromatic carbocycles. The fourth-order valence-electron chi connectivity index (χ4n) is 3.85. The van der Waals surface area contributed by atoms with E-state index in [9.17, 15) is 14.0 Å². The van der Waals surface area contributed by atoms with E-state index in [1.165, 1.54) is 34.8 Å². The first-order valence-electron chi connectivity index (χ1n) is 10.2. The van der Waals surface area contributed by atoms with Gasteiger partial charge in [0.05, 0.1) is 17.9 Å². The number of thioether (sulfide) groups is 1. The second kappa shape index (κ2) is 8.23. The van der Waals surface area contributed by atoms with Crippen LogP contribution < -0.4 is 5.56 Å². The Morgan fingerprint density at radius 3 is 2.69 bits per heavy atom. The van der Waals surface area contributed by atoms with E-state index in [0.29, 0.717) is 34.2 Å². The third-order valence-electron chi connectivity index (χ3n) is 5.54. The predicted molar refractivity (Wildman–Crippen MR) is 120 cm³/mol. The van der Waals surface area contributed by atoms with Crippen LogP contribution in [0.25, 0.3) is 16.7 Å². The number of hydrogen-bond acceptors (Lipinski definition) is 5. The molecule has 1 aliphatic heterocycles. The average molecular weight is 450 g/mol. The number of benzene rings is 2. The SMILES string of the molecule is CN(Cc1ccccc1)C(=O)CC1CSc2nc3c(cnn3-c3ccc(F)cc3)c(=O)n21. The zero-order chi connectivity index (χ0) is 22.2. The predicted octanol–water partition coefficient (Wildman–Crippen LogP) is 3.42. The minimum Gasteiger partial charge on any atom is -0.341 e. The molecule has 1 amide bonds. The minimum atomic E-state index is -0.348. The summed E-state index contributed by atoms with van der Waals surface area (Å²) < 4.78 is 16.4. The minimum absolute atomic E-state index is 0.0266. The summed E-state index contributed by atoms with van der Waals surface area (Å²) in [5, 5.41) is 5.23. The molecule has 162 valence electrons. The molecule has 1 atom stereocenters. The third kappa shape index (κ3) is 3.69. The molecule has 9 heteroatoms. The number of hydrogen-bond donors (Lipinski definition) is 0. The van der Waals surface area contributed by atoms with Crippen molar-refractivity contribution in [2.75, 3.05) is 12.8 Å². The van der Waals surface area contributed by atoms with E-state index >= 15 is 0 Å². The number of carbonyl (C=O) groups excluding carboxylic acids is 1. The molecule has 1 unspecified atom stereocenters. The molecule has 0 N–H and O–H groups in total. The number of fused-ring (bicyclic) bond motifs is 2. The van der Waals surface area contributed by atoms with Gasteiger partial charge in [0.2, 0.25) is 5.91 Å². The number of halogens is 1. The summed E-state index contributed by atoms with van der Waals surface area (Å²) in [5.41, 5.74) is 1.88. The molecule has 0 bridgehead atoms. The van der Waals surface area contributed by atoms with E-state index in [4.69, 9.17) is 0 Å². The van der Waals surface area contributed by atoms with Crippen LogP contribution in [0.2, 0.25) is 0 Å². The smallest absolute Gasteiger partial charge is 0.265 e. The number of amides is 1. The Hall–Kier alpha value is -3.46. The zero-order valence-corrected chi connectivity index (χ0v) is 18.1. The van der Waals surface area contributed by atoms with E-state index in [0.717, 1.165) is 5.56 Å². The van der Waals surface area contributed by atoms with Gasteiger partial charge in [-0.3, -0.25) is 14.2 Å². The number of nitrogens with zero attached hydrogens (tertiary/aromatic N) is 5. The molecule has 3 heterocycles.